The highest BCUT2D eigenvalue weighted by molar-refractivity contribution is 5.26. The van der Waals surface area contributed by atoms with Gasteiger partial charge in [-0.05, 0) is 49.9 Å². The van der Waals surface area contributed by atoms with Crippen molar-refractivity contribution in [1.82, 2.24) is 4.90 Å². The smallest absolute Gasteiger partial charge is 0.119 e. The quantitative estimate of drug-likeness (QED) is 0.782. The average Bonchev–Trinajstić information content (AvgIpc) is 2.52. The zero-order valence-corrected chi connectivity index (χ0v) is 13.6. The first-order valence-electron chi connectivity index (χ1n) is 8.31. The van der Waals surface area contributed by atoms with Crippen LogP contribution in [-0.4, -0.2) is 31.1 Å². The fraction of sp³-hybridized carbons (Fsp3) is 0.667. The lowest BCUT2D eigenvalue weighted by molar-refractivity contribution is 0.154. The van der Waals surface area contributed by atoms with E-state index in [1.165, 1.54) is 25.7 Å². The van der Waals surface area contributed by atoms with Crippen molar-refractivity contribution in [3.8, 4) is 5.75 Å². The number of benzene rings is 1. The van der Waals surface area contributed by atoms with Gasteiger partial charge in [-0.25, -0.2) is 0 Å². The molecule has 118 valence electrons. The molecule has 21 heavy (non-hydrogen) atoms. The van der Waals surface area contributed by atoms with Gasteiger partial charge < -0.3 is 15.4 Å². The predicted molar refractivity (Wildman–Crippen MR) is 88.5 cm³/mol. The summed E-state index contributed by atoms with van der Waals surface area (Å²) >= 11 is 0. The van der Waals surface area contributed by atoms with E-state index in [9.17, 15) is 0 Å². The molecule has 2 atom stereocenters. The minimum atomic E-state index is 0.588. The van der Waals surface area contributed by atoms with E-state index in [1.807, 2.05) is 24.3 Å². The molecule has 0 spiro atoms. The van der Waals surface area contributed by atoms with Gasteiger partial charge in [0, 0.05) is 19.1 Å². The summed E-state index contributed by atoms with van der Waals surface area (Å²) in [6.45, 7) is 4.88. The van der Waals surface area contributed by atoms with Gasteiger partial charge in [-0.2, -0.15) is 0 Å². The van der Waals surface area contributed by atoms with Crippen LogP contribution in [-0.2, 0) is 6.54 Å². The van der Waals surface area contributed by atoms with Crippen molar-refractivity contribution in [1.29, 1.82) is 0 Å². The predicted octanol–water partition coefficient (Wildman–Crippen LogP) is 3.42. The number of hydrogen-bond acceptors (Lipinski definition) is 3. The number of nitrogens with zero attached hydrogens (tertiary/aromatic N) is 1. The van der Waals surface area contributed by atoms with E-state index < -0.39 is 0 Å². The number of nitrogens with two attached hydrogens (primary N) is 1. The Morgan fingerprint density at radius 1 is 1.24 bits per heavy atom. The molecule has 0 bridgehead atoms. The van der Waals surface area contributed by atoms with Crippen LogP contribution in [0.3, 0.4) is 0 Å². The summed E-state index contributed by atoms with van der Waals surface area (Å²) in [4.78, 5) is 2.52. The molecule has 1 aliphatic carbocycles. The Hall–Kier alpha value is -1.06. The molecule has 2 rings (SSSR count). The second-order valence-corrected chi connectivity index (χ2v) is 6.46. The maximum atomic E-state index is 5.80. The van der Waals surface area contributed by atoms with Crippen LogP contribution >= 0.6 is 0 Å². The molecule has 1 aliphatic rings. The summed E-state index contributed by atoms with van der Waals surface area (Å²) in [6.07, 6.45) is 6.60. The van der Waals surface area contributed by atoms with E-state index in [2.05, 4.69) is 18.9 Å². The van der Waals surface area contributed by atoms with Gasteiger partial charge >= 0.3 is 0 Å². The normalized spacial score (nSPS) is 22.5. The molecule has 2 N–H and O–H groups in total. The molecule has 0 aromatic heterocycles. The third kappa shape index (κ3) is 5.33. The molecular weight excluding hydrogens is 260 g/mol. The third-order valence-corrected chi connectivity index (χ3v) is 4.62. The van der Waals surface area contributed by atoms with Gasteiger partial charge in [-0.15, -0.1) is 0 Å². The first-order valence-corrected chi connectivity index (χ1v) is 8.31. The van der Waals surface area contributed by atoms with Gasteiger partial charge in [0.2, 0.25) is 0 Å². The molecule has 0 aliphatic heterocycles. The van der Waals surface area contributed by atoms with Crippen molar-refractivity contribution < 1.29 is 4.74 Å². The van der Waals surface area contributed by atoms with E-state index in [0.717, 1.165) is 42.8 Å². The lowest BCUT2D eigenvalue weighted by atomic mass is 9.86. The largest absolute Gasteiger partial charge is 0.494 e. The van der Waals surface area contributed by atoms with Gasteiger partial charge in [0.15, 0.2) is 0 Å². The first-order chi connectivity index (χ1) is 10.2. The summed E-state index contributed by atoms with van der Waals surface area (Å²) in [6, 6.07) is 8.86. The van der Waals surface area contributed by atoms with Crippen LogP contribution in [0.2, 0.25) is 0 Å². The molecule has 0 radical (unpaired) electrons. The lowest BCUT2D eigenvalue weighted by Crippen LogP contribution is -2.36. The van der Waals surface area contributed by atoms with Gasteiger partial charge in [0.25, 0.3) is 0 Å². The summed E-state index contributed by atoms with van der Waals surface area (Å²) in [5.41, 5.74) is 6.74. The van der Waals surface area contributed by atoms with Gasteiger partial charge in [-0.1, -0.05) is 31.9 Å². The Bertz CT molecular complexity index is 404. The highest BCUT2D eigenvalue weighted by atomic mass is 16.5. The summed E-state index contributed by atoms with van der Waals surface area (Å²) in [5.74, 6) is 1.84. The number of rotatable bonds is 7. The van der Waals surface area contributed by atoms with Crippen molar-refractivity contribution in [3.05, 3.63) is 29.8 Å². The summed E-state index contributed by atoms with van der Waals surface area (Å²) in [7, 11) is 2.26. The molecule has 0 heterocycles. The van der Waals surface area contributed by atoms with Crippen molar-refractivity contribution in [2.75, 3.05) is 20.2 Å². The Balaban J connectivity index is 1.64. The Morgan fingerprint density at radius 3 is 2.67 bits per heavy atom. The van der Waals surface area contributed by atoms with Crippen molar-refractivity contribution in [2.45, 2.75) is 51.6 Å². The average molecular weight is 290 g/mol. The van der Waals surface area contributed by atoms with Crippen LogP contribution in [0.5, 0.6) is 5.75 Å². The molecule has 0 saturated heterocycles. The molecule has 3 heteroatoms. The third-order valence-electron chi connectivity index (χ3n) is 4.62. The molecule has 1 aromatic carbocycles. The molecule has 2 unspecified atom stereocenters. The van der Waals surface area contributed by atoms with E-state index in [-0.39, 0.29) is 0 Å². The maximum Gasteiger partial charge on any atom is 0.119 e. The number of ether oxygens (including phenoxy) is 1. The zero-order chi connectivity index (χ0) is 15.1. The van der Waals surface area contributed by atoms with Crippen LogP contribution in [0.15, 0.2) is 24.3 Å². The van der Waals surface area contributed by atoms with Crippen molar-refractivity contribution in [2.24, 2.45) is 11.7 Å². The molecular formula is C18H30N2O. The minimum absolute atomic E-state index is 0.588. The van der Waals surface area contributed by atoms with Crippen LogP contribution in [0.1, 0.15) is 44.6 Å². The van der Waals surface area contributed by atoms with Gasteiger partial charge in [-0.3, -0.25) is 0 Å². The second-order valence-electron chi connectivity index (χ2n) is 6.46. The molecule has 1 fully saturated rings. The van der Waals surface area contributed by atoms with E-state index in [1.54, 1.807) is 0 Å². The topological polar surface area (TPSA) is 38.5 Å². The SMILES string of the molecule is CC1CCCC(N(C)CCCOc2ccc(CN)cc2)C1. The Morgan fingerprint density at radius 2 is 2.00 bits per heavy atom. The van der Waals surface area contributed by atoms with E-state index >= 15 is 0 Å². The summed E-state index contributed by atoms with van der Waals surface area (Å²) < 4.78 is 5.80. The zero-order valence-electron chi connectivity index (χ0n) is 13.6. The number of hydrogen-bond donors (Lipinski definition) is 1. The van der Waals surface area contributed by atoms with Crippen LogP contribution in [0.25, 0.3) is 0 Å². The first kappa shape index (κ1) is 16.3. The molecule has 1 saturated carbocycles. The van der Waals surface area contributed by atoms with Crippen molar-refractivity contribution in [3.63, 3.8) is 0 Å². The fourth-order valence-corrected chi connectivity index (χ4v) is 3.21. The van der Waals surface area contributed by atoms with Crippen LogP contribution < -0.4 is 10.5 Å². The lowest BCUT2D eigenvalue weighted by Gasteiger charge is -2.34. The van der Waals surface area contributed by atoms with Gasteiger partial charge in [0.1, 0.15) is 5.75 Å². The highest BCUT2D eigenvalue weighted by Crippen LogP contribution is 2.26. The maximum absolute atomic E-state index is 5.80. The van der Waals surface area contributed by atoms with E-state index in [4.69, 9.17) is 10.5 Å². The minimum Gasteiger partial charge on any atom is -0.494 e. The second kappa shape index (κ2) is 8.40. The standard InChI is InChI=1S/C18H30N2O/c1-15-5-3-6-17(13-15)20(2)11-4-12-21-18-9-7-16(14-19)8-10-18/h7-10,15,17H,3-6,11-14,19H2,1-2H3. The Kier molecular flexibility index (Phi) is 6.52. The highest BCUT2D eigenvalue weighted by Gasteiger charge is 2.21. The fourth-order valence-electron chi connectivity index (χ4n) is 3.21. The monoisotopic (exact) mass is 290 g/mol. The molecule has 1 aromatic rings. The van der Waals surface area contributed by atoms with Crippen LogP contribution in [0.4, 0.5) is 0 Å². The van der Waals surface area contributed by atoms with Crippen LogP contribution in [0, 0.1) is 5.92 Å². The van der Waals surface area contributed by atoms with Gasteiger partial charge in [0.05, 0.1) is 6.61 Å². The summed E-state index contributed by atoms with van der Waals surface area (Å²) in [5, 5.41) is 0. The molecule has 3 nitrogen and oxygen atoms in total. The van der Waals surface area contributed by atoms with E-state index in [0.29, 0.717) is 6.54 Å². The molecule has 0 amide bonds. The Labute approximate surface area is 129 Å². The van der Waals surface area contributed by atoms with Crippen molar-refractivity contribution >= 4 is 0 Å².